The quantitative estimate of drug-likeness (QED) is 0.0808. The van der Waals surface area contributed by atoms with Crippen LogP contribution in [0.25, 0.3) is 34.2 Å². The summed E-state index contributed by atoms with van der Waals surface area (Å²) in [6.07, 6.45) is 29.7. The normalized spacial score (nSPS) is 19.3. The van der Waals surface area contributed by atoms with Crippen LogP contribution in [0.5, 0.6) is 0 Å². The molecular formula is C52H61N7ORu+2. The van der Waals surface area contributed by atoms with Crippen LogP contribution in [0, 0.1) is 30.6 Å². The molecule has 0 radical (unpaired) electrons. The number of rotatable bonds is 15. The Balaban J connectivity index is 0.000000201. The van der Waals surface area contributed by atoms with Gasteiger partial charge < -0.3 is 5.32 Å². The molecule has 4 fully saturated rings. The molecule has 1 amide bonds. The molecule has 8 nitrogen and oxygen atoms in total. The zero-order chi connectivity index (χ0) is 41.2. The minimum atomic E-state index is 0. The number of pyridine rings is 6. The molecule has 4 bridgehead atoms. The van der Waals surface area contributed by atoms with E-state index >= 15 is 0 Å². The molecule has 4 saturated carbocycles. The fourth-order valence-corrected chi connectivity index (χ4v) is 9.60. The van der Waals surface area contributed by atoms with Gasteiger partial charge in [0.25, 0.3) is 0 Å². The first-order valence-electron chi connectivity index (χ1n) is 22.4. The second-order valence-electron chi connectivity index (χ2n) is 17.0. The van der Waals surface area contributed by atoms with Gasteiger partial charge in [0, 0.05) is 49.6 Å². The van der Waals surface area contributed by atoms with Crippen LogP contribution in [-0.4, -0.2) is 41.9 Å². The number of amides is 1. The van der Waals surface area contributed by atoms with Crippen LogP contribution in [0.3, 0.4) is 0 Å². The number of nitrogens with one attached hydrogen (secondary N) is 1. The van der Waals surface area contributed by atoms with Crippen molar-refractivity contribution in [2.45, 2.75) is 109 Å². The van der Waals surface area contributed by atoms with Gasteiger partial charge in [0.1, 0.15) is 0 Å². The predicted molar refractivity (Wildman–Crippen MR) is 241 cm³/mol. The molecular weight excluding hydrogens is 840 g/mol. The van der Waals surface area contributed by atoms with E-state index in [1.165, 1.54) is 88.2 Å². The summed E-state index contributed by atoms with van der Waals surface area (Å²) in [4.78, 5) is 38.3. The molecule has 10 rings (SSSR count). The van der Waals surface area contributed by atoms with Crippen molar-refractivity contribution in [3.05, 3.63) is 145 Å². The Kier molecular flexibility index (Phi) is 18.2. The first-order chi connectivity index (χ1) is 29.6. The van der Waals surface area contributed by atoms with E-state index in [2.05, 4.69) is 60.3 Å². The molecule has 0 atom stereocenters. The Bertz CT molecular complexity index is 1980. The average Bonchev–Trinajstić information content (AvgIpc) is 3.30. The summed E-state index contributed by atoms with van der Waals surface area (Å²) in [6, 6.07) is 32.1. The van der Waals surface area contributed by atoms with E-state index < -0.39 is 0 Å². The number of hydrogen-bond donors (Lipinski definition) is 1. The minimum absolute atomic E-state index is 0. The molecule has 0 aliphatic heterocycles. The SMILES string of the molecule is Cc1ccnc(-c2cc(CCCCCCCCCCC(=O)NC3C4CC5CC(C4)CC3C5)ccn2)c1.[Ru+2].c1ccc(-c2ccccn2)nc1.c1ccc(-c2ccccn2)nc1. The Morgan fingerprint density at radius 3 is 1.38 bits per heavy atom. The first kappa shape index (κ1) is 45.5. The molecule has 1 N–H and O–H groups in total. The van der Waals surface area contributed by atoms with Crippen molar-refractivity contribution in [3.63, 3.8) is 0 Å². The van der Waals surface area contributed by atoms with Crippen molar-refractivity contribution >= 4 is 5.91 Å². The van der Waals surface area contributed by atoms with E-state index in [-0.39, 0.29) is 19.5 Å². The van der Waals surface area contributed by atoms with Crippen LogP contribution >= 0.6 is 0 Å². The van der Waals surface area contributed by atoms with Gasteiger partial charge in [-0.1, -0.05) is 62.8 Å². The molecule has 61 heavy (non-hydrogen) atoms. The summed E-state index contributed by atoms with van der Waals surface area (Å²) >= 11 is 0. The number of nitrogens with zero attached hydrogens (tertiary/aromatic N) is 6. The van der Waals surface area contributed by atoms with Gasteiger partial charge in [-0.2, -0.15) is 0 Å². The molecule has 0 aromatic carbocycles. The third-order valence-corrected chi connectivity index (χ3v) is 12.4. The van der Waals surface area contributed by atoms with Gasteiger partial charge in [0.15, 0.2) is 0 Å². The molecule has 0 saturated heterocycles. The van der Waals surface area contributed by atoms with E-state index in [1.54, 1.807) is 24.8 Å². The second kappa shape index (κ2) is 24.4. The Labute approximate surface area is 376 Å². The third kappa shape index (κ3) is 14.3. The Morgan fingerprint density at radius 2 is 0.918 bits per heavy atom. The van der Waals surface area contributed by atoms with Crippen molar-refractivity contribution in [2.75, 3.05) is 0 Å². The maximum atomic E-state index is 12.6. The van der Waals surface area contributed by atoms with Crippen molar-refractivity contribution in [1.82, 2.24) is 35.2 Å². The van der Waals surface area contributed by atoms with Gasteiger partial charge in [0.2, 0.25) is 5.91 Å². The number of carbonyl (C=O) groups is 1. The Morgan fingerprint density at radius 1 is 0.492 bits per heavy atom. The molecule has 6 aromatic heterocycles. The van der Waals surface area contributed by atoms with Gasteiger partial charge in [0.05, 0.1) is 34.2 Å². The van der Waals surface area contributed by atoms with Gasteiger partial charge in [-0.15, -0.1) is 0 Å². The number of carbonyl (C=O) groups excluding carboxylic acids is 1. The summed E-state index contributed by atoms with van der Waals surface area (Å²) < 4.78 is 0. The minimum Gasteiger partial charge on any atom is -0.353 e. The number of hydrogen-bond acceptors (Lipinski definition) is 7. The van der Waals surface area contributed by atoms with Gasteiger partial charge in [-0.05, 0) is 166 Å². The first-order valence-corrected chi connectivity index (χ1v) is 22.4. The van der Waals surface area contributed by atoms with E-state index in [4.69, 9.17) is 0 Å². The third-order valence-electron chi connectivity index (χ3n) is 12.4. The van der Waals surface area contributed by atoms with Crippen molar-refractivity contribution in [1.29, 1.82) is 0 Å². The van der Waals surface area contributed by atoms with Gasteiger partial charge >= 0.3 is 19.5 Å². The number of aromatic nitrogens is 6. The molecule has 6 aromatic rings. The fraction of sp³-hybridized carbons (Fsp3) is 0.404. The van der Waals surface area contributed by atoms with E-state index in [9.17, 15) is 4.79 Å². The fourth-order valence-electron chi connectivity index (χ4n) is 9.60. The zero-order valence-electron chi connectivity index (χ0n) is 35.6. The van der Waals surface area contributed by atoms with Crippen LogP contribution in [0.15, 0.2) is 134 Å². The predicted octanol–water partition coefficient (Wildman–Crippen LogP) is 11.7. The topological polar surface area (TPSA) is 106 Å². The van der Waals surface area contributed by atoms with Gasteiger partial charge in [-0.25, -0.2) is 0 Å². The van der Waals surface area contributed by atoms with E-state index in [0.29, 0.717) is 11.9 Å². The molecule has 0 unspecified atom stereocenters. The summed E-state index contributed by atoms with van der Waals surface area (Å²) in [5.74, 6) is 3.85. The maximum absolute atomic E-state index is 12.6. The molecule has 4 aliphatic rings. The van der Waals surface area contributed by atoms with Crippen LogP contribution in [0.1, 0.15) is 101 Å². The Hall–Kier alpha value is -5.01. The van der Waals surface area contributed by atoms with Crippen LogP contribution in [-0.2, 0) is 30.7 Å². The number of unbranched alkanes of at least 4 members (excludes halogenated alkanes) is 7. The monoisotopic (exact) mass is 901 g/mol. The largest absolute Gasteiger partial charge is 2.00 e. The smallest absolute Gasteiger partial charge is 0.353 e. The van der Waals surface area contributed by atoms with E-state index in [1.807, 2.05) is 91.3 Å². The molecule has 9 heteroatoms. The van der Waals surface area contributed by atoms with Crippen LogP contribution < -0.4 is 5.32 Å². The molecule has 316 valence electrons. The van der Waals surface area contributed by atoms with Crippen molar-refractivity contribution < 1.29 is 24.3 Å². The van der Waals surface area contributed by atoms with Crippen LogP contribution in [0.2, 0.25) is 0 Å². The van der Waals surface area contributed by atoms with Gasteiger partial charge in [-0.3, -0.25) is 34.7 Å². The van der Waals surface area contributed by atoms with E-state index in [0.717, 1.165) is 77.1 Å². The van der Waals surface area contributed by atoms with Crippen LogP contribution in [0.4, 0.5) is 0 Å². The zero-order valence-corrected chi connectivity index (χ0v) is 37.4. The second-order valence-corrected chi connectivity index (χ2v) is 17.0. The summed E-state index contributed by atoms with van der Waals surface area (Å²) in [6.45, 7) is 2.09. The summed E-state index contributed by atoms with van der Waals surface area (Å²) in [5, 5.41) is 3.47. The summed E-state index contributed by atoms with van der Waals surface area (Å²) in [7, 11) is 0. The molecule has 4 aliphatic carbocycles. The molecule has 6 heterocycles. The molecule has 0 spiro atoms. The van der Waals surface area contributed by atoms with Crippen molar-refractivity contribution in [3.8, 4) is 34.2 Å². The average molecular weight is 901 g/mol. The van der Waals surface area contributed by atoms with Crippen molar-refractivity contribution in [2.24, 2.45) is 23.7 Å². The maximum Gasteiger partial charge on any atom is 2.00 e. The standard InChI is InChI=1S/C32H45N3O.2C10H8N2.Ru/c1-23-12-14-33-29(16-23)30-22-24(13-15-34-30)10-8-6-4-2-3-5-7-9-11-31(36)35-32-27-18-25-17-26(20-27)21-28(32)19-25;2*1-3-7-11-9(5-1)10-6-2-4-8-12-10;/h12-16,22,25-28,32H,2-11,17-21H2,1H3,(H,35,36);2*1-8H;/q;;;+2. The number of aryl methyl sites for hydroxylation is 2. The summed E-state index contributed by atoms with van der Waals surface area (Å²) in [5.41, 5.74) is 8.17.